The summed E-state index contributed by atoms with van der Waals surface area (Å²) in [5.41, 5.74) is 1.14. The molecule has 0 unspecified atom stereocenters. The van der Waals surface area contributed by atoms with Gasteiger partial charge in [-0.25, -0.2) is 8.78 Å². The Balaban J connectivity index is 0.000000196. The largest absolute Gasteiger partial charge is 0.481 e. The summed E-state index contributed by atoms with van der Waals surface area (Å²) in [4.78, 5) is 33.6. The number of hydrogen-bond donors (Lipinski definition) is 0. The molecule has 0 radical (unpaired) electrons. The monoisotopic (exact) mass is 518 g/mol. The second-order valence-electron chi connectivity index (χ2n) is 7.21. The van der Waals surface area contributed by atoms with E-state index in [1.165, 1.54) is 29.2 Å². The van der Waals surface area contributed by atoms with Gasteiger partial charge in [0.05, 0.1) is 21.7 Å². The number of amides is 2. The highest BCUT2D eigenvalue weighted by atomic mass is 32.1. The lowest BCUT2D eigenvalue weighted by Gasteiger charge is -2.29. The van der Waals surface area contributed by atoms with Crippen LogP contribution in [0.2, 0.25) is 0 Å². The Labute approximate surface area is 210 Å². The van der Waals surface area contributed by atoms with E-state index in [0.717, 1.165) is 6.42 Å². The predicted octanol–water partition coefficient (Wildman–Crippen LogP) is 5.00. The van der Waals surface area contributed by atoms with Gasteiger partial charge in [0.2, 0.25) is 0 Å². The quantitative estimate of drug-likeness (QED) is 0.409. The molecule has 0 saturated carbocycles. The van der Waals surface area contributed by atoms with Crippen LogP contribution in [0.15, 0.2) is 34.3 Å². The Morgan fingerprint density at radius 2 is 1.31 bits per heavy atom. The van der Waals surface area contributed by atoms with Crippen LogP contribution in [0.25, 0.3) is 0 Å². The van der Waals surface area contributed by atoms with Crippen LogP contribution in [0.5, 0.6) is 11.5 Å². The minimum atomic E-state index is -0.550. The molecule has 0 N–H and O–H groups in total. The molecule has 35 heavy (non-hydrogen) atoms. The molecule has 0 saturated heterocycles. The Morgan fingerprint density at radius 1 is 0.857 bits per heavy atom. The molecule has 2 aromatic rings. The third-order valence-electron chi connectivity index (χ3n) is 5.04. The van der Waals surface area contributed by atoms with E-state index in [0.29, 0.717) is 36.0 Å². The lowest BCUT2D eigenvalue weighted by atomic mass is 10.2. The Kier molecular flexibility index (Phi) is 8.73. The fraction of sp³-hybridized carbons (Fsp3) is 0.304. The lowest BCUT2D eigenvalue weighted by Crippen LogP contribution is -2.39. The van der Waals surface area contributed by atoms with Gasteiger partial charge in [0.15, 0.2) is 24.8 Å². The molecule has 2 amide bonds. The first-order chi connectivity index (χ1) is 16.8. The van der Waals surface area contributed by atoms with E-state index in [4.69, 9.17) is 9.47 Å². The molecule has 2 heterocycles. The number of nitrogens with zero attached hydrogens (tertiary/aromatic N) is 4. The fourth-order valence-electron chi connectivity index (χ4n) is 3.51. The number of aliphatic imine (C=N–C) groups is 2. The van der Waals surface area contributed by atoms with Gasteiger partial charge >= 0.3 is 0 Å². The zero-order valence-electron chi connectivity index (χ0n) is 18.8. The summed E-state index contributed by atoms with van der Waals surface area (Å²) in [6.07, 6.45) is 0.800. The zero-order valence-corrected chi connectivity index (χ0v) is 20.5. The normalized spacial score (nSPS) is 13.7. The van der Waals surface area contributed by atoms with Crippen molar-refractivity contribution in [2.45, 2.75) is 20.3 Å². The first-order valence-electron chi connectivity index (χ1n) is 10.5. The Bertz CT molecular complexity index is 1260. The molecule has 0 fully saturated rings. The van der Waals surface area contributed by atoms with Crippen LogP contribution in [0, 0.1) is 11.6 Å². The SMILES string of the molecule is CCCN1C(=O)COc2cc(F)c(N=C=S)cc21.CCN1C(=O)COc2cc(F)c(N=C=S)cc21. The number of thiocarbonyl (C=S) groups is 2. The first kappa shape index (κ1) is 26.1. The van der Waals surface area contributed by atoms with Crippen molar-refractivity contribution in [2.24, 2.45) is 9.98 Å². The summed E-state index contributed by atoms with van der Waals surface area (Å²) in [6, 6.07) is 5.31. The number of hydrogen-bond acceptors (Lipinski definition) is 8. The van der Waals surface area contributed by atoms with Gasteiger partial charge in [0.1, 0.15) is 22.9 Å². The number of halogens is 2. The van der Waals surface area contributed by atoms with E-state index in [2.05, 4.69) is 44.7 Å². The Morgan fingerprint density at radius 3 is 1.74 bits per heavy atom. The first-order valence-corrected chi connectivity index (χ1v) is 11.3. The van der Waals surface area contributed by atoms with Gasteiger partial charge in [0, 0.05) is 25.2 Å². The van der Waals surface area contributed by atoms with E-state index in [-0.39, 0.29) is 36.4 Å². The summed E-state index contributed by atoms with van der Waals surface area (Å²) >= 11 is 8.89. The van der Waals surface area contributed by atoms with E-state index < -0.39 is 11.6 Å². The number of ether oxygens (including phenoxy) is 2. The highest BCUT2D eigenvalue weighted by Crippen LogP contribution is 2.38. The number of fused-ring (bicyclic) bond motifs is 2. The van der Waals surface area contributed by atoms with Crippen molar-refractivity contribution >= 4 is 69.3 Å². The van der Waals surface area contributed by atoms with E-state index in [9.17, 15) is 18.4 Å². The molecule has 4 rings (SSSR count). The van der Waals surface area contributed by atoms with Gasteiger partial charge in [-0.3, -0.25) is 9.59 Å². The van der Waals surface area contributed by atoms with Crippen molar-refractivity contribution < 1.29 is 27.8 Å². The van der Waals surface area contributed by atoms with Crippen molar-refractivity contribution in [1.29, 1.82) is 0 Å². The molecule has 2 aromatic carbocycles. The number of carbonyl (C=O) groups is 2. The molecule has 0 spiro atoms. The molecule has 12 heteroatoms. The van der Waals surface area contributed by atoms with Gasteiger partial charge in [0.25, 0.3) is 11.8 Å². The summed E-state index contributed by atoms with van der Waals surface area (Å²) in [5.74, 6) is -0.711. The van der Waals surface area contributed by atoms with Crippen molar-refractivity contribution in [1.82, 2.24) is 0 Å². The average Bonchev–Trinajstić information content (AvgIpc) is 2.83. The van der Waals surface area contributed by atoms with Gasteiger partial charge in [-0.15, -0.1) is 0 Å². The number of carbonyl (C=O) groups excluding carboxylic acids is 2. The lowest BCUT2D eigenvalue weighted by molar-refractivity contribution is -0.122. The minimum absolute atomic E-state index is 0.0514. The molecule has 2 aliphatic rings. The van der Waals surface area contributed by atoms with Crippen molar-refractivity contribution in [2.75, 3.05) is 36.1 Å². The molecule has 2 aliphatic heterocycles. The van der Waals surface area contributed by atoms with Crippen LogP contribution >= 0.6 is 24.4 Å². The number of benzene rings is 2. The number of rotatable bonds is 5. The van der Waals surface area contributed by atoms with Crippen LogP contribution in [0.3, 0.4) is 0 Å². The maximum absolute atomic E-state index is 13.6. The molecule has 0 atom stereocenters. The maximum atomic E-state index is 13.6. The second-order valence-corrected chi connectivity index (χ2v) is 7.57. The average molecular weight is 519 g/mol. The molecule has 0 aliphatic carbocycles. The summed E-state index contributed by atoms with van der Waals surface area (Å²) in [6.45, 7) is 4.70. The van der Waals surface area contributed by atoms with Crippen molar-refractivity contribution in [3.05, 3.63) is 35.9 Å². The van der Waals surface area contributed by atoms with Gasteiger partial charge in [-0.05, 0) is 49.9 Å². The van der Waals surface area contributed by atoms with Crippen LogP contribution in [-0.2, 0) is 9.59 Å². The number of isothiocyanates is 2. The second kappa shape index (κ2) is 11.7. The van der Waals surface area contributed by atoms with Crippen molar-refractivity contribution in [3.63, 3.8) is 0 Å². The summed E-state index contributed by atoms with van der Waals surface area (Å²) in [7, 11) is 0. The Hall–Kier alpha value is -3.56. The molecule has 0 bridgehead atoms. The van der Waals surface area contributed by atoms with E-state index >= 15 is 0 Å². The molecule has 0 aromatic heterocycles. The van der Waals surface area contributed by atoms with Crippen LogP contribution in [0.1, 0.15) is 20.3 Å². The predicted molar refractivity (Wildman–Crippen MR) is 134 cm³/mol. The van der Waals surface area contributed by atoms with Gasteiger partial charge in [-0.2, -0.15) is 9.98 Å². The summed E-state index contributed by atoms with van der Waals surface area (Å²) in [5, 5.41) is 4.21. The third kappa shape index (κ3) is 5.75. The minimum Gasteiger partial charge on any atom is -0.481 e. The number of likely N-dealkylation sites (N-methyl/N-ethyl adjacent to an activating group) is 1. The molecule has 182 valence electrons. The zero-order chi connectivity index (χ0) is 25.5. The fourth-order valence-corrected chi connectivity index (χ4v) is 3.70. The molecule has 8 nitrogen and oxygen atoms in total. The van der Waals surface area contributed by atoms with Gasteiger partial charge < -0.3 is 19.3 Å². The molecular weight excluding hydrogens is 498 g/mol. The number of anilines is 2. The van der Waals surface area contributed by atoms with Crippen molar-refractivity contribution in [3.8, 4) is 11.5 Å². The van der Waals surface area contributed by atoms with Crippen LogP contribution in [0.4, 0.5) is 31.5 Å². The highest BCUT2D eigenvalue weighted by molar-refractivity contribution is 7.78. The van der Waals surface area contributed by atoms with Crippen LogP contribution in [-0.4, -0.2) is 48.4 Å². The standard InChI is InChI=1S/C12H11FN2O2S.C11H9FN2O2S/c1-2-3-15-10-5-9(14-7-18)8(13)4-11(10)17-6-12(15)16;1-2-14-9-4-8(13-6-17)7(12)3-10(9)16-5-11(14)15/h4-5H,2-3,6H2,1H3;3-4H,2,5H2,1H3. The van der Waals surface area contributed by atoms with E-state index in [1.54, 1.807) is 4.90 Å². The highest BCUT2D eigenvalue weighted by Gasteiger charge is 2.27. The smallest absolute Gasteiger partial charge is 0.265 e. The van der Waals surface area contributed by atoms with E-state index in [1.807, 2.05) is 13.8 Å². The topological polar surface area (TPSA) is 83.8 Å². The molecular formula is C23H20F2N4O4S2. The van der Waals surface area contributed by atoms with Gasteiger partial charge in [-0.1, -0.05) is 6.92 Å². The van der Waals surface area contributed by atoms with Crippen LogP contribution < -0.4 is 19.3 Å². The maximum Gasteiger partial charge on any atom is 0.265 e. The third-order valence-corrected chi connectivity index (χ3v) is 5.22. The summed E-state index contributed by atoms with van der Waals surface area (Å²) < 4.78 is 37.5.